The summed E-state index contributed by atoms with van der Waals surface area (Å²) in [6.07, 6.45) is 0. The Balaban J connectivity index is 2.78. The first kappa shape index (κ1) is 16.4. The number of rotatable bonds is 3. The molecule has 7 nitrogen and oxygen atoms in total. The SMILES string of the molecule is CC(=O)O/N=C(\C)c1c(OC(C)=O)ccc2c(C)cc(=O)oc12. The summed E-state index contributed by atoms with van der Waals surface area (Å²) in [5.74, 6) is -0.982. The van der Waals surface area contributed by atoms with Gasteiger partial charge < -0.3 is 14.0 Å². The Morgan fingerprint density at radius 3 is 2.43 bits per heavy atom. The summed E-state index contributed by atoms with van der Waals surface area (Å²) in [4.78, 5) is 38.5. The quantitative estimate of drug-likeness (QED) is 0.215. The Morgan fingerprint density at radius 1 is 1.13 bits per heavy atom. The van der Waals surface area contributed by atoms with Gasteiger partial charge in [-0.1, -0.05) is 5.16 Å². The minimum atomic E-state index is -0.601. The third-order valence-corrected chi connectivity index (χ3v) is 3.01. The second-order valence-electron chi connectivity index (χ2n) is 4.92. The van der Waals surface area contributed by atoms with Crippen molar-refractivity contribution < 1.29 is 23.6 Å². The van der Waals surface area contributed by atoms with Gasteiger partial charge in [0.25, 0.3) is 0 Å². The lowest BCUT2D eigenvalue weighted by atomic mass is 10.0. The van der Waals surface area contributed by atoms with E-state index in [-0.39, 0.29) is 22.6 Å². The number of ether oxygens (including phenoxy) is 1. The predicted octanol–water partition coefficient (Wildman–Crippen LogP) is 2.31. The monoisotopic (exact) mass is 317 g/mol. The summed E-state index contributed by atoms with van der Waals surface area (Å²) in [6.45, 7) is 5.76. The standard InChI is InChI=1S/C16H15NO6/c1-8-7-14(20)22-16-12(8)5-6-13(21-10(3)18)15(16)9(2)17-23-11(4)19/h5-7H,1-4H3/b17-9+. The smallest absolute Gasteiger partial charge is 0.336 e. The van der Waals surface area contributed by atoms with Gasteiger partial charge >= 0.3 is 17.6 Å². The van der Waals surface area contributed by atoms with Crippen molar-refractivity contribution in [3.63, 3.8) is 0 Å². The highest BCUT2D eigenvalue weighted by molar-refractivity contribution is 6.10. The van der Waals surface area contributed by atoms with Gasteiger partial charge in [-0.3, -0.25) is 4.79 Å². The van der Waals surface area contributed by atoms with Gasteiger partial charge in [0.15, 0.2) is 5.58 Å². The van der Waals surface area contributed by atoms with Gasteiger partial charge in [0, 0.05) is 25.3 Å². The lowest BCUT2D eigenvalue weighted by Gasteiger charge is -2.11. The zero-order valence-corrected chi connectivity index (χ0v) is 13.1. The third-order valence-electron chi connectivity index (χ3n) is 3.01. The van der Waals surface area contributed by atoms with E-state index < -0.39 is 17.6 Å². The van der Waals surface area contributed by atoms with Gasteiger partial charge in [-0.25, -0.2) is 9.59 Å². The second-order valence-corrected chi connectivity index (χ2v) is 4.92. The molecule has 1 aromatic carbocycles. The van der Waals surface area contributed by atoms with Gasteiger partial charge in [0.1, 0.15) is 5.75 Å². The van der Waals surface area contributed by atoms with E-state index in [2.05, 4.69) is 9.99 Å². The average molecular weight is 317 g/mol. The Kier molecular flexibility index (Phi) is 4.59. The van der Waals surface area contributed by atoms with Crippen molar-refractivity contribution >= 4 is 28.6 Å². The minimum absolute atomic E-state index is 0.159. The van der Waals surface area contributed by atoms with E-state index in [0.717, 1.165) is 0 Å². The van der Waals surface area contributed by atoms with Gasteiger partial charge in [0.2, 0.25) is 0 Å². The van der Waals surface area contributed by atoms with Gasteiger partial charge in [-0.15, -0.1) is 0 Å². The maximum absolute atomic E-state index is 11.7. The van der Waals surface area contributed by atoms with Gasteiger partial charge in [-0.2, -0.15) is 0 Å². The third kappa shape index (κ3) is 3.63. The molecule has 0 atom stereocenters. The van der Waals surface area contributed by atoms with Crippen LogP contribution in [0.1, 0.15) is 31.9 Å². The average Bonchev–Trinajstić information content (AvgIpc) is 2.43. The highest BCUT2D eigenvalue weighted by atomic mass is 16.7. The number of aryl methyl sites for hydroxylation is 1. The van der Waals surface area contributed by atoms with Crippen LogP contribution in [-0.2, 0) is 14.4 Å². The first-order valence-corrected chi connectivity index (χ1v) is 6.78. The Hall–Kier alpha value is -2.96. The van der Waals surface area contributed by atoms with Crippen LogP contribution in [-0.4, -0.2) is 17.7 Å². The largest absolute Gasteiger partial charge is 0.426 e. The zero-order valence-electron chi connectivity index (χ0n) is 13.1. The molecular weight excluding hydrogens is 302 g/mol. The van der Waals surface area contributed by atoms with Crippen LogP contribution < -0.4 is 10.4 Å². The number of oxime groups is 1. The molecule has 0 saturated heterocycles. The summed E-state index contributed by atoms with van der Waals surface area (Å²) >= 11 is 0. The normalized spacial score (nSPS) is 11.4. The van der Waals surface area contributed by atoms with Crippen LogP contribution in [0.15, 0.2) is 32.6 Å². The number of hydrogen-bond donors (Lipinski definition) is 0. The molecule has 0 aliphatic rings. The summed E-state index contributed by atoms with van der Waals surface area (Å²) in [5, 5.41) is 4.35. The van der Waals surface area contributed by atoms with Crippen LogP contribution in [0.4, 0.5) is 0 Å². The van der Waals surface area contributed by atoms with Crippen molar-refractivity contribution in [3.8, 4) is 5.75 Å². The Labute approximate surface area is 131 Å². The Bertz CT molecular complexity index is 878. The molecule has 2 aromatic rings. The molecule has 0 fully saturated rings. The van der Waals surface area contributed by atoms with Crippen molar-refractivity contribution in [2.45, 2.75) is 27.7 Å². The van der Waals surface area contributed by atoms with E-state index >= 15 is 0 Å². The number of nitrogens with zero attached hydrogens (tertiary/aromatic N) is 1. The number of fused-ring (bicyclic) bond motifs is 1. The number of hydrogen-bond acceptors (Lipinski definition) is 7. The first-order chi connectivity index (χ1) is 10.8. The van der Waals surface area contributed by atoms with Gasteiger partial charge in [-0.05, 0) is 31.5 Å². The predicted molar refractivity (Wildman–Crippen MR) is 82.5 cm³/mol. The minimum Gasteiger partial charge on any atom is -0.426 e. The molecule has 120 valence electrons. The molecule has 23 heavy (non-hydrogen) atoms. The molecule has 0 spiro atoms. The van der Waals surface area contributed by atoms with Crippen LogP contribution in [0.2, 0.25) is 0 Å². The van der Waals surface area contributed by atoms with Gasteiger partial charge in [0.05, 0.1) is 11.3 Å². The van der Waals surface area contributed by atoms with Crippen LogP contribution in [0.25, 0.3) is 11.0 Å². The molecule has 0 N–H and O–H groups in total. The number of carbonyl (C=O) groups excluding carboxylic acids is 2. The molecule has 1 heterocycles. The fourth-order valence-corrected chi connectivity index (χ4v) is 2.13. The van der Waals surface area contributed by atoms with Crippen molar-refractivity contribution in [3.05, 3.63) is 39.7 Å². The molecule has 1 aromatic heterocycles. The second kappa shape index (κ2) is 6.43. The molecule has 0 amide bonds. The molecule has 0 aliphatic heterocycles. The fourth-order valence-electron chi connectivity index (χ4n) is 2.13. The van der Waals surface area contributed by atoms with Crippen LogP contribution in [0.3, 0.4) is 0 Å². The highest BCUT2D eigenvalue weighted by Gasteiger charge is 2.18. The molecule has 0 unspecified atom stereocenters. The molecular formula is C16H15NO6. The summed E-state index contributed by atoms with van der Waals surface area (Å²) in [6, 6.07) is 4.60. The molecule has 0 aliphatic carbocycles. The van der Waals surface area contributed by atoms with Crippen molar-refractivity contribution in [1.29, 1.82) is 0 Å². The summed E-state index contributed by atoms with van der Waals surface area (Å²) in [7, 11) is 0. The molecule has 7 heteroatoms. The highest BCUT2D eigenvalue weighted by Crippen LogP contribution is 2.30. The number of esters is 1. The molecule has 0 saturated carbocycles. The van der Waals surface area contributed by atoms with E-state index in [4.69, 9.17) is 9.15 Å². The van der Waals surface area contributed by atoms with E-state index in [1.165, 1.54) is 19.9 Å². The van der Waals surface area contributed by atoms with Crippen LogP contribution in [0.5, 0.6) is 5.75 Å². The maximum atomic E-state index is 11.7. The van der Waals surface area contributed by atoms with E-state index in [1.54, 1.807) is 26.0 Å². The number of carbonyl (C=O) groups is 2. The topological polar surface area (TPSA) is 95.2 Å². The molecule has 0 bridgehead atoms. The lowest BCUT2D eigenvalue weighted by Crippen LogP contribution is -2.10. The molecule has 2 rings (SSSR count). The number of benzene rings is 1. The van der Waals surface area contributed by atoms with Crippen LogP contribution in [0, 0.1) is 6.92 Å². The summed E-state index contributed by atoms with van der Waals surface area (Å²) in [5.41, 5.74) is 0.876. The molecule has 0 radical (unpaired) electrons. The fraction of sp³-hybridized carbons (Fsp3) is 0.250. The zero-order chi connectivity index (χ0) is 17.1. The maximum Gasteiger partial charge on any atom is 0.336 e. The van der Waals surface area contributed by atoms with Crippen molar-refractivity contribution in [2.24, 2.45) is 5.16 Å². The van der Waals surface area contributed by atoms with E-state index in [1.807, 2.05) is 0 Å². The Morgan fingerprint density at radius 2 is 1.83 bits per heavy atom. The lowest BCUT2D eigenvalue weighted by molar-refractivity contribution is -0.141. The van der Waals surface area contributed by atoms with E-state index in [0.29, 0.717) is 10.9 Å². The van der Waals surface area contributed by atoms with Crippen LogP contribution >= 0.6 is 0 Å². The summed E-state index contributed by atoms with van der Waals surface area (Å²) < 4.78 is 10.4. The van der Waals surface area contributed by atoms with Crippen molar-refractivity contribution in [1.82, 2.24) is 0 Å². The van der Waals surface area contributed by atoms with Crippen molar-refractivity contribution in [2.75, 3.05) is 0 Å². The first-order valence-electron chi connectivity index (χ1n) is 6.78. The van der Waals surface area contributed by atoms with E-state index in [9.17, 15) is 14.4 Å².